The molecule has 1 saturated heterocycles. The highest BCUT2D eigenvalue weighted by Crippen LogP contribution is 2.38. The van der Waals surface area contributed by atoms with Crippen LogP contribution in [0.4, 0.5) is 0 Å². The molecule has 188 valence electrons. The number of rotatable bonds is 6. The summed E-state index contributed by atoms with van der Waals surface area (Å²) in [6.45, 7) is 9.64. The number of aliphatic hydroxyl groups is 2. The van der Waals surface area contributed by atoms with E-state index in [9.17, 15) is 29.4 Å². The first kappa shape index (κ1) is 27.3. The van der Waals surface area contributed by atoms with E-state index in [1.54, 1.807) is 27.7 Å². The van der Waals surface area contributed by atoms with Gasteiger partial charge in [0.25, 0.3) is 0 Å². The van der Waals surface area contributed by atoms with E-state index in [0.717, 1.165) is 13.2 Å². The molecule has 0 aromatic carbocycles. The maximum absolute atomic E-state index is 12.8. The van der Waals surface area contributed by atoms with Gasteiger partial charge < -0.3 is 29.2 Å². The molecule has 0 spiro atoms. The van der Waals surface area contributed by atoms with Crippen LogP contribution in [-0.2, 0) is 38.1 Å². The highest BCUT2D eigenvalue weighted by atomic mass is 16.6. The molecule has 2 aliphatic rings. The third-order valence-electron chi connectivity index (χ3n) is 5.53. The van der Waals surface area contributed by atoms with Crippen LogP contribution in [0.5, 0.6) is 0 Å². The minimum absolute atomic E-state index is 0.0592. The van der Waals surface area contributed by atoms with Gasteiger partial charge in [0.05, 0.1) is 43.1 Å². The number of carbonyl (C=O) groups excluding carboxylic acids is 4. The molecular formula is C24H32O10. The fourth-order valence-corrected chi connectivity index (χ4v) is 3.64. The van der Waals surface area contributed by atoms with Crippen molar-refractivity contribution in [1.82, 2.24) is 0 Å². The first-order valence-electron chi connectivity index (χ1n) is 11.0. The largest absolute Gasteiger partial charge is 0.466 e. The van der Waals surface area contributed by atoms with Gasteiger partial charge in [-0.05, 0) is 17.7 Å². The van der Waals surface area contributed by atoms with Crippen molar-refractivity contribution in [1.29, 1.82) is 0 Å². The zero-order valence-corrected chi connectivity index (χ0v) is 20.0. The topological polar surface area (TPSA) is 146 Å². The maximum Gasteiger partial charge on any atom is 0.337 e. The van der Waals surface area contributed by atoms with Crippen LogP contribution in [0.25, 0.3) is 0 Å². The summed E-state index contributed by atoms with van der Waals surface area (Å²) in [4.78, 5) is 50.5. The van der Waals surface area contributed by atoms with E-state index in [0.29, 0.717) is 5.57 Å². The van der Waals surface area contributed by atoms with Crippen molar-refractivity contribution in [3.63, 3.8) is 0 Å². The predicted octanol–water partition coefficient (Wildman–Crippen LogP) is 1.00. The standard InChI is InChI=1S/C24H32O10/c1-11(2)21(27)33-19-16(24(30)31-6)9-15(26)7-14(10-25)8-17-18(13(5)23(29)32-17)20(19)34-22(28)12(3)4/h8-9,11-12,15,17-20,25-26H,5,7,10H2,1-4,6H3/b14-8+,16-9+/t15-,17-,18+,19-,20+/m1/s1. The molecule has 2 N–H and O–H groups in total. The van der Waals surface area contributed by atoms with Gasteiger partial charge >= 0.3 is 23.9 Å². The maximum atomic E-state index is 12.8. The van der Waals surface area contributed by atoms with Crippen LogP contribution < -0.4 is 0 Å². The van der Waals surface area contributed by atoms with E-state index in [1.165, 1.54) is 6.08 Å². The van der Waals surface area contributed by atoms with Crippen LogP contribution >= 0.6 is 0 Å². The molecule has 0 amide bonds. The van der Waals surface area contributed by atoms with Gasteiger partial charge in [0.2, 0.25) is 0 Å². The van der Waals surface area contributed by atoms with Crippen LogP contribution in [0.1, 0.15) is 34.1 Å². The second-order valence-electron chi connectivity index (χ2n) is 8.86. The molecule has 0 aromatic heterocycles. The van der Waals surface area contributed by atoms with E-state index in [2.05, 4.69) is 6.58 Å². The van der Waals surface area contributed by atoms with Gasteiger partial charge in [0, 0.05) is 12.0 Å². The summed E-state index contributed by atoms with van der Waals surface area (Å²) in [6, 6.07) is 0. The summed E-state index contributed by atoms with van der Waals surface area (Å²) in [7, 11) is 1.11. The first-order valence-corrected chi connectivity index (χ1v) is 11.0. The molecule has 0 radical (unpaired) electrons. The fraction of sp³-hybridized carbons (Fsp3) is 0.583. The van der Waals surface area contributed by atoms with Crippen molar-refractivity contribution >= 4 is 23.9 Å². The molecule has 1 aliphatic heterocycles. The van der Waals surface area contributed by atoms with E-state index in [1.807, 2.05) is 0 Å². The van der Waals surface area contributed by atoms with Gasteiger partial charge in [-0.3, -0.25) is 9.59 Å². The second kappa shape index (κ2) is 11.4. The molecule has 1 heterocycles. The smallest absolute Gasteiger partial charge is 0.337 e. The van der Waals surface area contributed by atoms with Crippen LogP contribution in [-0.4, -0.2) is 72.2 Å². The molecule has 10 heteroatoms. The normalized spacial score (nSPS) is 30.4. The Morgan fingerprint density at radius 2 is 1.71 bits per heavy atom. The minimum atomic E-state index is -1.54. The zero-order chi connectivity index (χ0) is 25.7. The van der Waals surface area contributed by atoms with Crippen LogP contribution in [0.15, 0.2) is 35.5 Å². The van der Waals surface area contributed by atoms with Gasteiger partial charge in [0.1, 0.15) is 6.10 Å². The zero-order valence-electron chi connectivity index (χ0n) is 20.0. The Balaban J connectivity index is 2.79. The lowest BCUT2D eigenvalue weighted by Crippen LogP contribution is -2.47. The number of hydrogen-bond donors (Lipinski definition) is 2. The highest BCUT2D eigenvalue weighted by Gasteiger charge is 2.51. The Labute approximate surface area is 198 Å². The number of carbonyl (C=O) groups is 4. The van der Waals surface area contributed by atoms with Crippen molar-refractivity contribution in [3.05, 3.63) is 35.5 Å². The summed E-state index contributed by atoms with van der Waals surface area (Å²) < 4.78 is 21.6. The Morgan fingerprint density at radius 3 is 2.24 bits per heavy atom. The van der Waals surface area contributed by atoms with Crippen LogP contribution in [0.2, 0.25) is 0 Å². The number of esters is 4. The van der Waals surface area contributed by atoms with Crippen molar-refractivity contribution < 1.29 is 48.3 Å². The lowest BCUT2D eigenvalue weighted by atomic mass is 9.83. The van der Waals surface area contributed by atoms with E-state index < -0.39 is 72.7 Å². The molecule has 34 heavy (non-hydrogen) atoms. The predicted molar refractivity (Wildman–Crippen MR) is 118 cm³/mol. The molecule has 5 atom stereocenters. The van der Waals surface area contributed by atoms with Gasteiger partial charge in [-0.15, -0.1) is 0 Å². The highest BCUT2D eigenvalue weighted by molar-refractivity contribution is 5.93. The Kier molecular flexibility index (Phi) is 9.17. The quantitative estimate of drug-likeness (QED) is 0.244. The lowest BCUT2D eigenvalue weighted by Gasteiger charge is -2.34. The van der Waals surface area contributed by atoms with Crippen molar-refractivity contribution in [2.24, 2.45) is 17.8 Å². The summed E-state index contributed by atoms with van der Waals surface area (Å²) in [5.41, 5.74) is -0.0244. The fourth-order valence-electron chi connectivity index (χ4n) is 3.64. The van der Waals surface area contributed by atoms with E-state index in [4.69, 9.17) is 18.9 Å². The van der Waals surface area contributed by atoms with Crippen molar-refractivity contribution in [3.8, 4) is 0 Å². The first-order chi connectivity index (χ1) is 15.9. The summed E-state index contributed by atoms with van der Waals surface area (Å²) >= 11 is 0. The van der Waals surface area contributed by atoms with Gasteiger partial charge in [-0.2, -0.15) is 0 Å². The molecule has 0 unspecified atom stereocenters. The molecule has 0 aromatic rings. The summed E-state index contributed by atoms with van der Waals surface area (Å²) in [5.74, 6) is -5.36. The number of ether oxygens (including phenoxy) is 4. The Morgan fingerprint density at radius 1 is 1.12 bits per heavy atom. The number of hydrogen-bond acceptors (Lipinski definition) is 10. The average molecular weight is 481 g/mol. The molecule has 1 aliphatic carbocycles. The second-order valence-corrected chi connectivity index (χ2v) is 8.86. The monoisotopic (exact) mass is 480 g/mol. The molecule has 0 saturated carbocycles. The number of aliphatic hydroxyl groups excluding tert-OH is 2. The minimum Gasteiger partial charge on any atom is -0.466 e. The average Bonchev–Trinajstić information content (AvgIpc) is 3.05. The molecule has 1 fully saturated rings. The lowest BCUT2D eigenvalue weighted by molar-refractivity contribution is -0.175. The van der Waals surface area contributed by atoms with Crippen LogP contribution in [0.3, 0.4) is 0 Å². The van der Waals surface area contributed by atoms with Gasteiger partial charge in [-0.1, -0.05) is 34.3 Å². The third-order valence-corrected chi connectivity index (χ3v) is 5.53. The Bertz CT molecular complexity index is 897. The van der Waals surface area contributed by atoms with E-state index in [-0.39, 0.29) is 17.6 Å². The molecule has 0 bridgehead atoms. The Hall–Kier alpha value is -2.98. The van der Waals surface area contributed by atoms with Gasteiger partial charge in [-0.25, -0.2) is 9.59 Å². The van der Waals surface area contributed by atoms with Gasteiger partial charge in [0.15, 0.2) is 12.2 Å². The SMILES string of the molecule is C=C1C(=O)O[C@@H]2/C=C(/CO)C[C@@H](O)/C=C(/C(=O)OC)[C@@H](OC(=O)C(C)C)[C@@H](OC(=O)C(C)C)[C@@H]12. The summed E-state index contributed by atoms with van der Waals surface area (Å²) in [5, 5.41) is 20.4. The van der Waals surface area contributed by atoms with Crippen molar-refractivity contribution in [2.75, 3.05) is 13.7 Å². The number of methoxy groups -OCH3 is 1. The molecular weight excluding hydrogens is 448 g/mol. The molecule has 2 rings (SSSR count). The van der Waals surface area contributed by atoms with Crippen LogP contribution in [0, 0.1) is 17.8 Å². The van der Waals surface area contributed by atoms with Crippen molar-refractivity contribution in [2.45, 2.75) is 58.5 Å². The summed E-state index contributed by atoms with van der Waals surface area (Å²) in [6.07, 6.45) is -2.85. The van der Waals surface area contributed by atoms with E-state index >= 15 is 0 Å². The molecule has 10 nitrogen and oxygen atoms in total. The third kappa shape index (κ3) is 6.12. The number of fused-ring (bicyclic) bond motifs is 1.